The summed E-state index contributed by atoms with van der Waals surface area (Å²) in [6.07, 6.45) is 2.03. The third kappa shape index (κ3) is 4.06. The number of hydrogen-bond donors (Lipinski definition) is 1. The van der Waals surface area contributed by atoms with E-state index in [1.54, 1.807) is 0 Å². The molecule has 4 aromatic rings. The van der Waals surface area contributed by atoms with Crippen LogP contribution in [-0.4, -0.2) is 36.1 Å². The number of pyridine rings is 1. The number of nitrogens with zero attached hydrogens (tertiary/aromatic N) is 2. The molecule has 1 fully saturated rings. The highest BCUT2D eigenvalue weighted by Crippen LogP contribution is 2.33. The number of benzene rings is 3. The van der Waals surface area contributed by atoms with Crippen LogP contribution in [0, 0.1) is 0 Å². The van der Waals surface area contributed by atoms with Crippen LogP contribution in [0.4, 0.5) is 0 Å². The van der Waals surface area contributed by atoms with Crippen molar-refractivity contribution >= 4 is 10.9 Å². The molecule has 1 aliphatic rings. The zero-order valence-corrected chi connectivity index (χ0v) is 16.9. The van der Waals surface area contributed by atoms with E-state index in [4.69, 9.17) is 9.72 Å². The highest BCUT2D eigenvalue weighted by Gasteiger charge is 2.25. The van der Waals surface area contributed by atoms with Crippen molar-refractivity contribution < 1.29 is 4.74 Å². The van der Waals surface area contributed by atoms with E-state index in [-0.39, 0.29) is 6.04 Å². The maximum atomic E-state index is 6.12. The lowest BCUT2D eigenvalue weighted by molar-refractivity contribution is 0.198. The minimum Gasteiger partial charge on any atom is -0.457 e. The van der Waals surface area contributed by atoms with Crippen LogP contribution in [0.5, 0.6) is 11.5 Å². The molecule has 5 rings (SSSR count). The second-order valence-corrected chi connectivity index (χ2v) is 7.64. The first-order valence-corrected chi connectivity index (χ1v) is 10.5. The van der Waals surface area contributed by atoms with Gasteiger partial charge in [0.2, 0.25) is 0 Å². The van der Waals surface area contributed by atoms with Crippen molar-refractivity contribution in [1.29, 1.82) is 0 Å². The first kappa shape index (κ1) is 18.8. The van der Waals surface area contributed by atoms with Crippen LogP contribution in [0.25, 0.3) is 10.9 Å². The molecule has 0 aliphatic carbocycles. The number of aromatic nitrogens is 1. The molecule has 1 saturated heterocycles. The van der Waals surface area contributed by atoms with Crippen molar-refractivity contribution in [3.63, 3.8) is 0 Å². The van der Waals surface area contributed by atoms with Gasteiger partial charge in [-0.1, -0.05) is 48.5 Å². The molecule has 0 amide bonds. The molecule has 150 valence electrons. The lowest BCUT2D eigenvalue weighted by Gasteiger charge is -2.35. The average Bonchev–Trinajstić information content (AvgIpc) is 2.81. The van der Waals surface area contributed by atoms with E-state index in [2.05, 4.69) is 52.7 Å². The van der Waals surface area contributed by atoms with Crippen LogP contribution in [0.2, 0.25) is 0 Å². The fraction of sp³-hybridized carbons (Fsp3) is 0.192. The van der Waals surface area contributed by atoms with Crippen LogP contribution in [0.1, 0.15) is 17.2 Å². The fourth-order valence-electron chi connectivity index (χ4n) is 4.16. The third-order valence-electron chi connectivity index (χ3n) is 5.60. The average molecular weight is 396 g/mol. The molecule has 3 aromatic carbocycles. The van der Waals surface area contributed by atoms with E-state index in [9.17, 15) is 0 Å². The zero-order valence-electron chi connectivity index (χ0n) is 16.9. The summed E-state index contributed by atoms with van der Waals surface area (Å²) in [7, 11) is 0. The van der Waals surface area contributed by atoms with Crippen LogP contribution in [-0.2, 0) is 0 Å². The Bertz CT molecular complexity index is 1120. The normalized spacial score (nSPS) is 15.7. The Morgan fingerprint density at radius 2 is 1.53 bits per heavy atom. The monoisotopic (exact) mass is 395 g/mol. The number of rotatable bonds is 5. The van der Waals surface area contributed by atoms with Crippen molar-refractivity contribution in [2.45, 2.75) is 6.04 Å². The second-order valence-electron chi connectivity index (χ2n) is 7.64. The van der Waals surface area contributed by atoms with Gasteiger partial charge in [-0.3, -0.25) is 9.88 Å². The zero-order chi connectivity index (χ0) is 20.2. The number of nitrogens with one attached hydrogen (secondary N) is 1. The lowest BCUT2D eigenvalue weighted by atomic mass is 9.96. The highest BCUT2D eigenvalue weighted by atomic mass is 16.5. The molecule has 4 heteroatoms. The summed E-state index contributed by atoms with van der Waals surface area (Å²) in [6, 6.07) is 29.1. The maximum absolute atomic E-state index is 6.12. The SMILES string of the molecule is c1ccc(Oc2cccc(C(c3cnc4ccccc4c3)N3CCNCC3)c2)cc1. The number of piperazine rings is 1. The van der Waals surface area contributed by atoms with Crippen molar-refractivity contribution in [2.24, 2.45) is 0 Å². The first-order chi connectivity index (χ1) is 14.9. The second kappa shape index (κ2) is 8.66. The van der Waals surface area contributed by atoms with Gasteiger partial charge in [-0.2, -0.15) is 0 Å². The van der Waals surface area contributed by atoms with Crippen molar-refractivity contribution in [3.05, 3.63) is 102 Å². The molecule has 30 heavy (non-hydrogen) atoms. The molecule has 4 nitrogen and oxygen atoms in total. The number of hydrogen-bond acceptors (Lipinski definition) is 4. The summed E-state index contributed by atoms with van der Waals surface area (Å²) >= 11 is 0. The van der Waals surface area contributed by atoms with E-state index < -0.39 is 0 Å². The summed E-state index contributed by atoms with van der Waals surface area (Å²) < 4.78 is 6.12. The van der Waals surface area contributed by atoms with Gasteiger partial charge < -0.3 is 10.1 Å². The van der Waals surface area contributed by atoms with Gasteiger partial charge in [0.1, 0.15) is 11.5 Å². The lowest BCUT2D eigenvalue weighted by Crippen LogP contribution is -2.45. The van der Waals surface area contributed by atoms with Gasteiger partial charge in [-0.15, -0.1) is 0 Å². The number of ether oxygens (including phenoxy) is 1. The van der Waals surface area contributed by atoms with Gasteiger partial charge >= 0.3 is 0 Å². The molecular weight excluding hydrogens is 370 g/mol. The molecule has 1 atom stereocenters. The van der Waals surface area contributed by atoms with Gasteiger partial charge in [0.05, 0.1) is 11.6 Å². The third-order valence-corrected chi connectivity index (χ3v) is 5.60. The van der Waals surface area contributed by atoms with Gasteiger partial charge in [-0.05, 0) is 47.5 Å². The molecule has 0 spiro atoms. The summed E-state index contributed by atoms with van der Waals surface area (Å²) in [6.45, 7) is 4.00. The minimum absolute atomic E-state index is 0.142. The van der Waals surface area contributed by atoms with Crippen LogP contribution >= 0.6 is 0 Å². The Hall–Kier alpha value is -3.21. The van der Waals surface area contributed by atoms with E-state index in [0.29, 0.717) is 0 Å². The maximum Gasteiger partial charge on any atom is 0.127 e. The molecule has 0 saturated carbocycles. The molecule has 0 bridgehead atoms. The molecule has 0 radical (unpaired) electrons. The summed E-state index contributed by atoms with van der Waals surface area (Å²) in [4.78, 5) is 7.27. The Kier molecular flexibility index (Phi) is 5.42. The van der Waals surface area contributed by atoms with Gasteiger partial charge in [0, 0.05) is 37.8 Å². The molecule has 1 aliphatic heterocycles. The van der Waals surface area contributed by atoms with Crippen molar-refractivity contribution in [2.75, 3.05) is 26.2 Å². The van der Waals surface area contributed by atoms with Crippen LogP contribution < -0.4 is 10.1 Å². The van der Waals surface area contributed by atoms with Crippen LogP contribution in [0.3, 0.4) is 0 Å². The van der Waals surface area contributed by atoms with Crippen molar-refractivity contribution in [3.8, 4) is 11.5 Å². The molecular formula is C26H25N3O. The Balaban J connectivity index is 1.53. The first-order valence-electron chi connectivity index (χ1n) is 10.5. The van der Waals surface area contributed by atoms with E-state index in [0.717, 1.165) is 43.2 Å². The summed E-state index contributed by atoms with van der Waals surface area (Å²) in [5, 5.41) is 4.64. The predicted octanol–water partition coefficient (Wildman–Crippen LogP) is 5.02. The van der Waals surface area contributed by atoms with Crippen LogP contribution in [0.15, 0.2) is 91.1 Å². The van der Waals surface area contributed by atoms with Gasteiger partial charge in [0.15, 0.2) is 0 Å². The molecule has 1 aromatic heterocycles. The Morgan fingerprint density at radius 1 is 0.767 bits per heavy atom. The number of fused-ring (bicyclic) bond motifs is 1. The Morgan fingerprint density at radius 3 is 2.40 bits per heavy atom. The summed E-state index contributed by atoms with van der Waals surface area (Å²) in [5.74, 6) is 1.70. The minimum atomic E-state index is 0.142. The van der Waals surface area contributed by atoms with Crippen molar-refractivity contribution in [1.82, 2.24) is 15.2 Å². The number of para-hydroxylation sites is 2. The largest absolute Gasteiger partial charge is 0.457 e. The fourth-order valence-corrected chi connectivity index (χ4v) is 4.16. The van der Waals surface area contributed by atoms with E-state index >= 15 is 0 Å². The Labute approximate surface area is 177 Å². The topological polar surface area (TPSA) is 37.4 Å². The highest BCUT2D eigenvalue weighted by molar-refractivity contribution is 5.79. The molecule has 1 N–H and O–H groups in total. The quantitative estimate of drug-likeness (QED) is 0.515. The molecule has 2 heterocycles. The smallest absolute Gasteiger partial charge is 0.127 e. The van der Waals surface area contributed by atoms with E-state index in [1.807, 2.05) is 48.7 Å². The van der Waals surface area contributed by atoms with Gasteiger partial charge in [-0.25, -0.2) is 0 Å². The molecule has 1 unspecified atom stereocenters. The van der Waals surface area contributed by atoms with Gasteiger partial charge in [0.25, 0.3) is 0 Å². The summed E-state index contributed by atoms with van der Waals surface area (Å²) in [5.41, 5.74) is 3.47. The standard InChI is InChI=1S/C26H25N3O/c1-2-9-23(10-3-1)30-24-11-6-8-21(18-24)26(29-15-13-27-14-16-29)22-17-20-7-4-5-12-25(20)28-19-22/h1-12,17-19,26-27H,13-16H2. The predicted molar refractivity (Wildman–Crippen MR) is 121 cm³/mol. The van der Waals surface area contributed by atoms with E-state index in [1.165, 1.54) is 16.5 Å².